The van der Waals surface area contributed by atoms with Gasteiger partial charge in [0.25, 0.3) is 0 Å². The third kappa shape index (κ3) is 5.94. The fourth-order valence-corrected chi connectivity index (χ4v) is 2.48. The van der Waals surface area contributed by atoms with Gasteiger partial charge in [0.15, 0.2) is 11.5 Å². The molecule has 0 amide bonds. The van der Waals surface area contributed by atoms with Gasteiger partial charge in [-0.1, -0.05) is 42.5 Å². The highest BCUT2D eigenvalue weighted by Crippen LogP contribution is 2.37. The molecule has 3 aromatic carbocycles. The van der Waals surface area contributed by atoms with E-state index in [-0.39, 0.29) is 12.4 Å². The first-order chi connectivity index (χ1) is 12.6. The van der Waals surface area contributed by atoms with Crippen molar-refractivity contribution in [2.24, 2.45) is 5.73 Å². The van der Waals surface area contributed by atoms with Gasteiger partial charge in [-0.2, -0.15) is 0 Å². The van der Waals surface area contributed by atoms with Crippen LogP contribution in [0, 0.1) is 0 Å². The third-order valence-corrected chi connectivity index (χ3v) is 3.77. The Hall–Kier alpha value is -2.63. The molecule has 0 radical (unpaired) electrons. The van der Waals surface area contributed by atoms with Crippen LogP contribution in [0.3, 0.4) is 0 Å². The zero-order valence-corrected chi connectivity index (χ0v) is 15.2. The molecule has 3 nitrogen and oxygen atoms in total. The summed E-state index contributed by atoms with van der Waals surface area (Å²) in [5, 5.41) is 0. The van der Waals surface area contributed by atoms with Crippen LogP contribution in [0.1, 0.15) is 18.0 Å². The predicted molar refractivity (Wildman–Crippen MR) is 104 cm³/mol. The molecule has 0 spiro atoms. The largest absolute Gasteiger partial charge is 0.453 e. The molecule has 0 aliphatic heterocycles. The smallest absolute Gasteiger partial charge is 0.240 e. The first-order valence-electron chi connectivity index (χ1n) is 8.25. The van der Waals surface area contributed by atoms with Gasteiger partial charge in [-0.15, -0.1) is 12.4 Å². The quantitative estimate of drug-likeness (QED) is 0.510. The number of hydrogen-bond acceptors (Lipinski definition) is 3. The summed E-state index contributed by atoms with van der Waals surface area (Å²) in [6, 6.07) is 22.7. The van der Waals surface area contributed by atoms with Crippen LogP contribution < -0.4 is 15.2 Å². The molecule has 0 saturated carbocycles. The zero-order chi connectivity index (χ0) is 18.4. The van der Waals surface area contributed by atoms with Gasteiger partial charge in [0.1, 0.15) is 11.5 Å². The van der Waals surface area contributed by atoms with Gasteiger partial charge < -0.3 is 15.2 Å². The number of nitrogens with two attached hydrogens (primary N) is 1. The van der Waals surface area contributed by atoms with E-state index >= 15 is 0 Å². The fraction of sp³-hybridized carbons (Fsp3) is 0.143. The Morgan fingerprint density at radius 3 is 1.78 bits per heavy atom. The Morgan fingerprint density at radius 2 is 1.26 bits per heavy atom. The van der Waals surface area contributed by atoms with Crippen LogP contribution in [0.2, 0.25) is 0 Å². The SMILES string of the molecule is Cl.N[C@@H](CC(F)F)c1ccc(Oc2ccccc2)c(Oc2ccccc2)c1. The molecule has 27 heavy (non-hydrogen) atoms. The van der Waals surface area contributed by atoms with Gasteiger partial charge >= 0.3 is 0 Å². The van der Waals surface area contributed by atoms with Gasteiger partial charge in [0.2, 0.25) is 6.43 Å². The van der Waals surface area contributed by atoms with Crippen LogP contribution in [-0.4, -0.2) is 6.43 Å². The second kappa shape index (κ2) is 9.90. The average Bonchev–Trinajstić information content (AvgIpc) is 2.64. The second-order valence-corrected chi connectivity index (χ2v) is 5.77. The highest BCUT2D eigenvalue weighted by atomic mass is 35.5. The molecule has 2 N–H and O–H groups in total. The third-order valence-electron chi connectivity index (χ3n) is 3.77. The van der Waals surface area contributed by atoms with Crippen molar-refractivity contribution in [1.82, 2.24) is 0 Å². The summed E-state index contributed by atoms with van der Waals surface area (Å²) in [7, 11) is 0. The van der Waals surface area contributed by atoms with Crippen molar-refractivity contribution >= 4 is 12.4 Å². The van der Waals surface area contributed by atoms with E-state index in [1.807, 2.05) is 48.5 Å². The zero-order valence-electron chi connectivity index (χ0n) is 14.4. The second-order valence-electron chi connectivity index (χ2n) is 5.77. The molecule has 0 saturated heterocycles. The Balaban J connectivity index is 0.00000261. The molecule has 3 aromatic rings. The predicted octanol–water partition coefficient (Wildman–Crippen LogP) is 6.35. The molecule has 0 unspecified atom stereocenters. The van der Waals surface area contributed by atoms with Crippen molar-refractivity contribution < 1.29 is 18.3 Å². The molecule has 0 fully saturated rings. The first-order valence-corrected chi connectivity index (χ1v) is 8.25. The summed E-state index contributed by atoms with van der Waals surface area (Å²) < 4.78 is 37.1. The molecule has 1 atom stereocenters. The Kier molecular flexibility index (Phi) is 7.58. The van der Waals surface area contributed by atoms with E-state index in [0.29, 0.717) is 28.6 Å². The summed E-state index contributed by atoms with van der Waals surface area (Å²) >= 11 is 0. The van der Waals surface area contributed by atoms with Crippen LogP contribution in [0.4, 0.5) is 8.78 Å². The van der Waals surface area contributed by atoms with Crippen LogP contribution in [0.15, 0.2) is 78.9 Å². The van der Waals surface area contributed by atoms with Crippen LogP contribution >= 0.6 is 12.4 Å². The maximum absolute atomic E-state index is 12.6. The molecule has 0 aliphatic carbocycles. The van der Waals surface area contributed by atoms with Gasteiger partial charge in [-0.05, 0) is 42.0 Å². The monoisotopic (exact) mass is 391 g/mol. The van der Waals surface area contributed by atoms with E-state index in [4.69, 9.17) is 15.2 Å². The molecule has 0 heterocycles. The van der Waals surface area contributed by atoms with E-state index in [1.54, 1.807) is 30.3 Å². The number of rotatable bonds is 7. The van der Waals surface area contributed by atoms with E-state index in [0.717, 1.165) is 0 Å². The number of halogens is 3. The minimum atomic E-state index is -2.47. The average molecular weight is 392 g/mol. The van der Waals surface area contributed by atoms with Gasteiger partial charge in [-0.3, -0.25) is 0 Å². The highest BCUT2D eigenvalue weighted by molar-refractivity contribution is 5.85. The Labute approximate surface area is 163 Å². The number of ether oxygens (including phenoxy) is 2. The number of benzene rings is 3. The van der Waals surface area contributed by atoms with Crippen molar-refractivity contribution in [1.29, 1.82) is 0 Å². The lowest BCUT2D eigenvalue weighted by Crippen LogP contribution is -2.14. The van der Waals surface area contributed by atoms with E-state index in [2.05, 4.69) is 0 Å². The van der Waals surface area contributed by atoms with E-state index in [9.17, 15) is 8.78 Å². The standard InChI is InChI=1S/C21H19F2NO2.ClH/c22-21(23)14-18(24)15-11-12-19(25-16-7-3-1-4-8-16)20(13-15)26-17-9-5-2-6-10-17;/h1-13,18,21H,14,24H2;1H/t18-;/m0./s1. The lowest BCUT2D eigenvalue weighted by atomic mass is 10.0. The molecular weight excluding hydrogens is 372 g/mol. The lowest BCUT2D eigenvalue weighted by molar-refractivity contribution is 0.128. The number of hydrogen-bond donors (Lipinski definition) is 1. The van der Waals surface area contributed by atoms with Crippen molar-refractivity contribution in [3.05, 3.63) is 84.4 Å². The van der Waals surface area contributed by atoms with Crippen molar-refractivity contribution in [2.45, 2.75) is 18.9 Å². The summed E-state index contributed by atoms with van der Waals surface area (Å²) in [6.45, 7) is 0. The Morgan fingerprint density at radius 1 is 0.741 bits per heavy atom. The van der Waals surface area contributed by atoms with Gasteiger partial charge in [0.05, 0.1) is 0 Å². The molecule has 0 bridgehead atoms. The molecule has 142 valence electrons. The van der Waals surface area contributed by atoms with Crippen molar-refractivity contribution in [2.75, 3.05) is 0 Å². The molecular formula is C21H20ClF2NO2. The highest BCUT2D eigenvalue weighted by Gasteiger charge is 2.16. The summed E-state index contributed by atoms with van der Waals surface area (Å²) in [5.41, 5.74) is 6.45. The van der Waals surface area contributed by atoms with Gasteiger partial charge in [0, 0.05) is 12.5 Å². The summed E-state index contributed by atoms with van der Waals surface area (Å²) in [5.74, 6) is 2.16. The van der Waals surface area contributed by atoms with Crippen LogP contribution in [0.5, 0.6) is 23.0 Å². The van der Waals surface area contributed by atoms with Gasteiger partial charge in [-0.25, -0.2) is 8.78 Å². The summed E-state index contributed by atoms with van der Waals surface area (Å²) in [4.78, 5) is 0. The van der Waals surface area contributed by atoms with E-state index < -0.39 is 18.9 Å². The van der Waals surface area contributed by atoms with Crippen LogP contribution in [0.25, 0.3) is 0 Å². The number of alkyl halides is 2. The number of para-hydroxylation sites is 2. The topological polar surface area (TPSA) is 44.5 Å². The minimum absolute atomic E-state index is 0. The lowest BCUT2D eigenvalue weighted by Gasteiger charge is -2.17. The molecule has 6 heteroatoms. The maximum atomic E-state index is 12.6. The normalized spacial score (nSPS) is 11.6. The minimum Gasteiger partial charge on any atom is -0.453 e. The molecule has 0 aliphatic rings. The first kappa shape index (κ1) is 20.7. The molecule has 3 rings (SSSR count). The maximum Gasteiger partial charge on any atom is 0.240 e. The van der Waals surface area contributed by atoms with E-state index in [1.165, 1.54) is 0 Å². The Bertz CT molecular complexity index is 832. The fourth-order valence-electron chi connectivity index (χ4n) is 2.48. The molecule has 0 aromatic heterocycles. The summed E-state index contributed by atoms with van der Waals surface area (Å²) in [6.07, 6.45) is -2.88. The van der Waals surface area contributed by atoms with Crippen LogP contribution in [-0.2, 0) is 0 Å². The van der Waals surface area contributed by atoms with Crippen molar-refractivity contribution in [3.8, 4) is 23.0 Å². The van der Waals surface area contributed by atoms with Crippen molar-refractivity contribution in [3.63, 3.8) is 0 Å².